The molecule has 0 atom stereocenters. The molecule has 0 heterocycles. The minimum absolute atomic E-state index is 0.225. The van der Waals surface area contributed by atoms with Gasteiger partial charge in [0, 0.05) is 10.0 Å². The van der Waals surface area contributed by atoms with Crippen LogP contribution in [0.25, 0.3) is 0 Å². The summed E-state index contributed by atoms with van der Waals surface area (Å²) in [7, 11) is 0. The zero-order chi connectivity index (χ0) is 17.2. The number of ether oxygens (including phenoxy) is 3. The first-order valence-electron chi connectivity index (χ1n) is 6.81. The van der Waals surface area contributed by atoms with Gasteiger partial charge in [0.2, 0.25) is 0 Å². The van der Waals surface area contributed by atoms with Gasteiger partial charge in [-0.25, -0.2) is 15.0 Å². The number of halogens is 1. The quantitative estimate of drug-likeness (QED) is 0.401. The fourth-order valence-corrected chi connectivity index (χ4v) is 1.96. The van der Waals surface area contributed by atoms with E-state index in [-0.39, 0.29) is 13.2 Å². The molecular formula is C14H18BrN3O5. The highest BCUT2D eigenvalue weighted by molar-refractivity contribution is 9.10. The average Bonchev–Trinajstić information content (AvgIpc) is 2.48. The third-order valence-electron chi connectivity index (χ3n) is 2.39. The fraction of sp³-hybridized carbons (Fsp3) is 0.357. The van der Waals surface area contributed by atoms with Crippen molar-refractivity contribution in [1.82, 2.24) is 5.43 Å². The molecule has 0 saturated carbocycles. The summed E-state index contributed by atoms with van der Waals surface area (Å²) in [4.78, 5) is 22.0. The van der Waals surface area contributed by atoms with Crippen LogP contribution >= 0.6 is 15.9 Å². The number of carbonyl (C=O) groups excluding carboxylic acids is 2. The molecule has 3 N–H and O–H groups in total. The first-order valence-corrected chi connectivity index (χ1v) is 7.60. The number of hydrogen-bond acceptors (Lipinski definition) is 6. The van der Waals surface area contributed by atoms with Gasteiger partial charge in [-0.2, -0.15) is 5.10 Å². The van der Waals surface area contributed by atoms with E-state index in [0.717, 1.165) is 0 Å². The molecule has 9 heteroatoms. The van der Waals surface area contributed by atoms with Gasteiger partial charge in [-0.3, -0.25) is 0 Å². The van der Waals surface area contributed by atoms with E-state index in [2.05, 4.69) is 26.5 Å². The molecule has 2 amide bonds. The molecule has 0 fully saturated rings. The number of nitrogens with zero attached hydrogens (tertiary/aromatic N) is 1. The predicted octanol–water partition coefficient (Wildman–Crippen LogP) is 1.79. The molecule has 1 rings (SSSR count). The van der Waals surface area contributed by atoms with E-state index in [0.29, 0.717) is 28.1 Å². The Balaban J connectivity index is 2.93. The molecule has 0 bridgehead atoms. The maximum Gasteiger partial charge on any atom is 0.344 e. The Morgan fingerprint density at radius 1 is 1.26 bits per heavy atom. The van der Waals surface area contributed by atoms with Crippen LogP contribution in [0.1, 0.15) is 19.4 Å². The van der Waals surface area contributed by atoms with Crippen molar-refractivity contribution < 1.29 is 23.8 Å². The van der Waals surface area contributed by atoms with Crippen molar-refractivity contribution in [2.45, 2.75) is 13.8 Å². The first-order chi connectivity index (χ1) is 11.0. The number of urea groups is 1. The number of nitrogens with two attached hydrogens (primary N) is 1. The lowest BCUT2D eigenvalue weighted by atomic mass is 10.2. The molecule has 0 spiro atoms. The van der Waals surface area contributed by atoms with Crippen molar-refractivity contribution >= 4 is 34.1 Å². The number of carbonyl (C=O) groups is 2. The Morgan fingerprint density at radius 2 is 1.96 bits per heavy atom. The van der Waals surface area contributed by atoms with Crippen LogP contribution < -0.4 is 20.6 Å². The topological polar surface area (TPSA) is 112 Å². The van der Waals surface area contributed by atoms with E-state index in [9.17, 15) is 9.59 Å². The summed E-state index contributed by atoms with van der Waals surface area (Å²) in [6.07, 6.45) is 1.40. The maximum atomic E-state index is 11.4. The highest BCUT2D eigenvalue weighted by Gasteiger charge is 2.12. The molecule has 23 heavy (non-hydrogen) atoms. The normalized spacial score (nSPS) is 10.4. The van der Waals surface area contributed by atoms with E-state index in [4.69, 9.17) is 19.9 Å². The van der Waals surface area contributed by atoms with Gasteiger partial charge in [-0.05, 0) is 41.9 Å². The number of benzene rings is 1. The van der Waals surface area contributed by atoms with E-state index >= 15 is 0 Å². The second kappa shape index (κ2) is 9.67. The van der Waals surface area contributed by atoms with E-state index in [1.165, 1.54) is 6.21 Å². The zero-order valence-corrected chi connectivity index (χ0v) is 14.4. The standard InChI is InChI=1S/C14H18BrN3O5/c1-3-21-11-5-9(7-17-18-14(16)20)10(15)6-12(11)23-8-13(19)22-4-2/h5-7H,3-4,8H2,1-2H3,(H3,16,18,20). The van der Waals surface area contributed by atoms with Gasteiger partial charge in [-0.15, -0.1) is 0 Å². The molecule has 0 aliphatic rings. The van der Waals surface area contributed by atoms with Crippen LogP contribution in [0.5, 0.6) is 11.5 Å². The zero-order valence-electron chi connectivity index (χ0n) is 12.8. The van der Waals surface area contributed by atoms with Crippen molar-refractivity contribution in [2.75, 3.05) is 19.8 Å². The second-order valence-electron chi connectivity index (χ2n) is 4.08. The predicted molar refractivity (Wildman–Crippen MR) is 87.8 cm³/mol. The maximum absolute atomic E-state index is 11.4. The summed E-state index contributed by atoms with van der Waals surface area (Å²) >= 11 is 3.35. The molecule has 0 unspecified atom stereocenters. The minimum atomic E-state index is -0.767. The van der Waals surface area contributed by atoms with Gasteiger partial charge in [-0.1, -0.05) is 0 Å². The molecule has 1 aromatic carbocycles. The molecule has 126 valence electrons. The van der Waals surface area contributed by atoms with Gasteiger partial charge < -0.3 is 19.9 Å². The highest BCUT2D eigenvalue weighted by Crippen LogP contribution is 2.33. The lowest BCUT2D eigenvalue weighted by Crippen LogP contribution is -2.24. The van der Waals surface area contributed by atoms with Crippen LogP contribution in [0, 0.1) is 0 Å². The fourth-order valence-electron chi connectivity index (χ4n) is 1.54. The van der Waals surface area contributed by atoms with Gasteiger partial charge in [0.05, 0.1) is 19.4 Å². The summed E-state index contributed by atoms with van der Waals surface area (Å²) in [5.74, 6) is 0.342. The number of hydrogen-bond donors (Lipinski definition) is 2. The minimum Gasteiger partial charge on any atom is -0.490 e. The third-order valence-corrected chi connectivity index (χ3v) is 3.08. The highest BCUT2D eigenvalue weighted by atomic mass is 79.9. The van der Waals surface area contributed by atoms with Crippen LogP contribution in [0.3, 0.4) is 0 Å². The number of hydrazone groups is 1. The van der Waals surface area contributed by atoms with E-state index in [1.54, 1.807) is 19.1 Å². The number of nitrogens with one attached hydrogen (secondary N) is 1. The van der Waals surface area contributed by atoms with E-state index in [1.807, 2.05) is 6.92 Å². The monoisotopic (exact) mass is 387 g/mol. The summed E-state index contributed by atoms with van der Waals surface area (Å²) in [5, 5.41) is 3.68. The lowest BCUT2D eigenvalue weighted by molar-refractivity contribution is -0.145. The molecule has 8 nitrogen and oxygen atoms in total. The van der Waals surface area contributed by atoms with Gasteiger partial charge in [0.1, 0.15) is 0 Å². The Labute approximate surface area is 142 Å². The smallest absolute Gasteiger partial charge is 0.344 e. The first kappa shape index (κ1) is 18.8. The molecule has 0 aliphatic carbocycles. The van der Waals surface area contributed by atoms with Crippen molar-refractivity contribution in [3.63, 3.8) is 0 Å². The molecule has 0 aliphatic heterocycles. The molecule has 0 saturated heterocycles. The van der Waals surface area contributed by atoms with Crippen molar-refractivity contribution in [3.8, 4) is 11.5 Å². The Hall–Kier alpha value is -2.29. The Morgan fingerprint density at radius 3 is 2.57 bits per heavy atom. The molecule has 1 aromatic rings. The van der Waals surface area contributed by atoms with Crippen LogP contribution in [0.4, 0.5) is 4.79 Å². The van der Waals surface area contributed by atoms with Crippen LogP contribution in [0.2, 0.25) is 0 Å². The largest absolute Gasteiger partial charge is 0.490 e. The molecular weight excluding hydrogens is 370 g/mol. The SMILES string of the molecule is CCOC(=O)COc1cc(Br)c(C=NNC(N)=O)cc1OCC. The third kappa shape index (κ3) is 6.55. The summed E-state index contributed by atoms with van der Waals surface area (Å²) in [5.41, 5.74) is 7.65. The van der Waals surface area contributed by atoms with Gasteiger partial charge in [0.25, 0.3) is 0 Å². The van der Waals surface area contributed by atoms with Crippen LogP contribution in [0.15, 0.2) is 21.7 Å². The lowest BCUT2D eigenvalue weighted by Gasteiger charge is -2.13. The summed E-state index contributed by atoms with van der Waals surface area (Å²) in [6, 6.07) is 2.52. The van der Waals surface area contributed by atoms with Gasteiger partial charge >= 0.3 is 12.0 Å². The molecule has 0 radical (unpaired) electrons. The molecule has 0 aromatic heterocycles. The number of primary amides is 1. The Bertz CT molecular complexity index is 592. The van der Waals surface area contributed by atoms with Crippen molar-refractivity contribution in [3.05, 3.63) is 22.2 Å². The average molecular weight is 388 g/mol. The number of rotatable bonds is 8. The van der Waals surface area contributed by atoms with Crippen molar-refractivity contribution in [2.24, 2.45) is 10.8 Å². The summed E-state index contributed by atoms with van der Waals surface area (Å²) < 4.78 is 16.3. The van der Waals surface area contributed by atoms with Crippen LogP contribution in [-0.2, 0) is 9.53 Å². The van der Waals surface area contributed by atoms with E-state index < -0.39 is 12.0 Å². The second-order valence-corrected chi connectivity index (χ2v) is 4.94. The summed E-state index contributed by atoms with van der Waals surface area (Å²) in [6.45, 7) is 4.00. The number of esters is 1. The number of amides is 2. The van der Waals surface area contributed by atoms with Crippen molar-refractivity contribution in [1.29, 1.82) is 0 Å². The van der Waals surface area contributed by atoms with Crippen LogP contribution in [-0.4, -0.2) is 38.0 Å². The Kier molecular flexibility index (Phi) is 7.89. The van der Waals surface area contributed by atoms with Gasteiger partial charge in [0.15, 0.2) is 18.1 Å².